The van der Waals surface area contributed by atoms with Crippen LogP contribution in [0.4, 0.5) is 0 Å². The number of benzene rings is 1. The second-order valence-electron chi connectivity index (χ2n) is 4.70. The molecule has 0 bridgehead atoms. The van der Waals surface area contributed by atoms with E-state index in [1.165, 1.54) is 0 Å². The Morgan fingerprint density at radius 2 is 2.18 bits per heavy atom. The number of nitrogens with two attached hydrogens (primary N) is 1. The lowest BCUT2D eigenvalue weighted by Gasteiger charge is -2.19. The van der Waals surface area contributed by atoms with Crippen LogP contribution in [-0.4, -0.2) is 12.5 Å². The molecule has 0 spiro atoms. The van der Waals surface area contributed by atoms with Crippen molar-refractivity contribution in [3.8, 4) is 0 Å². The first-order valence-electron chi connectivity index (χ1n) is 5.84. The van der Waals surface area contributed by atoms with Gasteiger partial charge in [-0.25, -0.2) is 0 Å². The summed E-state index contributed by atoms with van der Waals surface area (Å²) in [5, 5.41) is 3.04. The van der Waals surface area contributed by atoms with E-state index in [1.54, 1.807) is 0 Å². The molecule has 0 aliphatic heterocycles. The van der Waals surface area contributed by atoms with Crippen molar-refractivity contribution in [2.75, 3.05) is 6.54 Å². The molecule has 1 amide bonds. The summed E-state index contributed by atoms with van der Waals surface area (Å²) >= 11 is 3.49. The van der Waals surface area contributed by atoms with Gasteiger partial charge >= 0.3 is 0 Å². The highest BCUT2D eigenvalue weighted by molar-refractivity contribution is 9.10. The van der Waals surface area contributed by atoms with Gasteiger partial charge in [-0.2, -0.15) is 0 Å². The molecule has 0 unspecified atom stereocenters. The fourth-order valence-corrected chi connectivity index (χ4v) is 2.56. The van der Waals surface area contributed by atoms with Crippen molar-refractivity contribution >= 4 is 21.8 Å². The van der Waals surface area contributed by atoms with Crippen LogP contribution in [0.15, 0.2) is 28.7 Å². The zero-order chi connectivity index (χ0) is 12.5. The van der Waals surface area contributed by atoms with Crippen molar-refractivity contribution in [1.82, 2.24) is 5.32 Å². The summed E-state index contributed by atoms with van der Waals surface area (Å²) in [6, 6.07) is 7.93. The Kier molecular flexibility index (Phi) is 3.54. The summed E-state index contributed by atoms with van der Waals surface area (Å²) in [6.45, 7) is 2.44. The Labute approximate surface area is 110 Å². The average molecular weight is 297 g/mol. The van der Waals surface area contributed by atoms with Crippen LogP contribution in [0.1, 0.15) is 31.4 Å². The van der Waals surface area contributed by atoms with E-state index in [4.69, 9.17) is 5.73 Å². The molecule has 1 aromatic carbocycles. The molecule has 92 valence electrons. The third kappa shape index (κ3) is 2.53. The van der Waals surface area contributed by atoms with E-state index in [2.05, 4.69) is 21.2 Å². The van der Waals surface area contributed by atoms with E-state index in [0.717, 1.165) is 22.9 Å². The lowest BCUT2D eigenvalue weighted by atomic mass is 10.0. The van der Waals surface area contributed by atoms with Gasteiger partial charge in [0.05, 0.1) is 11.5 Å². The topological polar surface area (TPSA) is 55.1 Å². The van der Waals surface area contributed by atoms with Gasteiger partial charge in [-0.05, 0) is 31.4 Å². The van der Waals surface area contributed by atoms with Gasteiger partial charge in [-0.15, -0.1) is 0 Å². The molecule has 1 aliphatic rings. The third-order valence-corrected chi connectivity index (χ3v) is 4.17. The quantitative estimate of drug-likeness (QED) is 0.896. The van der Waals surface area contributed by atoms with Crippen molar-refractivity contribution in [3.05, 3.63) is 34.3 Å². The van der Waals surface area contributed by atoms with E-state index in [0.29, 0.717) is 6.54 Å². The van der Waals surface area contributed by atoms with Gasteiger partial charge in [0.15, 0.2) is 0 Å². The number of amides is 1. The first-order chi connectivity index (χ1) is 8.09. The number of hydrogen-bond donors (Lipinski definition) is 2. The minimum Gasteiger partial charge on any atom is -0.349 e. The SMILES string of the molecule is C[C@H](NC(=O)C1(CN)CC1)c1ccccc1Br. The van der Waals surface area contributed by atoms with Gasteiger partial charge < -0.3 is 11.1 Å². The molecular weight excluding hydrogens is 280 g/mol. The minimum atomic E-state index is -0.282. The molecule has 1 aromatic rings. The van der Waals surface area contributed by atoms with Crippen LogP contribution >= 0.6 is 15.9 Å². The van der Waals surface area contributed by atoms with Gasteiger partial charge in [0, 0.05) is 11.0 Å². The first-order valence-corrected chi connectivity index (χ1v) is 6.64. The van der Waals surface area contributed by atoms with Crippen LogP contribution in [-0.2, 0) is 4.79 Å². The van der Waals surface area contributed by atoms with Crippen molar-refractivity contribution in [2.24, 2.45) is 11.1 Å². The summed E-state index contributed by atoms with van der Waals surface area (Å²) in [5.41, 5.74) is 6.45. The maximum Gasteiger partial charge on any atom is 0.227 e. The Balaban J connectivity index is 2.05. The smallest absolute Gasteiger partial charge is 0.227 e. The summed E-state index contributed by atoms with van der Waals surface area (Å²) < 4.78 is 1.02. The van der Waals surface area contributed by atoms with Gasteiger partial charge in [0.1, 0.15) is 0 Å². The Bertz CT molecular complexity index is 429. The van der Waals surface area contributed by atoms with E-state index in [-0.39, 0.29) is 17.4 Å². The molecule has 1 atom stereocenters. The maximum atomic E-state index is 12.0. The molecule has 3 nitrogen and oxygen atoms in total. The zero-order valence-electron chi connectivity index (χ0n) is 9.87. The molecule has 1 saturated carbocycles. The fourth-order valence-electron chi connectivity index (χ4n) is 1.93. The fraction of sp³-hybridized carbons (Fsp3) is 0.462. The highest BCUT2D eigenvalue weighted by atomic mass is 79.9. The largest absolute Gasteiger partial charge is 0.349 e. The molecule has 3 N–H and O–H groups in total. The van der Waals surface area contributed by atoms with Crippen LogP contribution in [0.5, 0.6) is 0 Å². The summed E-state index contributed by atoms with van der Waals surface area (Å²) in [6.07, 6.45) is 1.83. The standard InChI is InChI=1S/C13H17BrN2O/c1-9(10-4-2-3-5-11(10)14)16-12(17)13(8-15)6-7-13/h2-5,9H,6-8,15H2,1H3,(H,16,17)/t9-/m0/s1. The van der Waals surface area contributed by atoms with Crippen LogP contribution in [0, 0.1) is 5.41 Å². The van der Waals surface area contributed by atoms with Crippen LogP contribution < -0.4 is 11.1 Å². The predicted molar refractivity (Wildman–Crippen MR) is 71.4 cm³/mol. The van der Waals surface area contributed by atoms with E-state index in [1.807, 2.05) is 31.2 Å². The predicted octanol–water partition coefficient (Wildman–Crippen LogP) is 2.37. The van der Waals surface area contributed by atoms with Crippen LogP contribution in [0.25, 0.3) is 0 Å². The molecule has 2 rings (SSSR count). The van der Waals surface area contributed by atoms with Crippen molar-refractivity contribution < 1.29 is 4.79 Å². The van der Waals surface area contributed by atoms with Crippen LogP contribution in [0.3, 0.4) is 0 Å². The Hall–Kier alpha value is -0.870. The Morgan fingerprint density at radius 1 is 1.53 bits per heavy atom. The molecule has 17 heavy (non-hydrogen) atoms. The van der Waals surface area contributed by atoms with Gasteiger partial charge in [0.25, 0.3) is 0 Å². The summed E-state index contributed by atoms with van der Waals surface area (Å²) in [7, 11) is 0. The highest BCUT2D eigenvalue weighted by Gasteiger charge is 2.48. The second-order valence-corrected chi connectivity index (χ2v) is 5.56. The first kappa shape index (κ1) is 12.6. The number of rotatable bonds is 4. The maximum absolute atomic E-state index is 12.0. The number of halogens is 1. The molecule has 0 saturated heterocycles. The molecule has 0 radical (unpaired) electrons. The monoisotopic (exact) mass is 296 g/mol. The molecule has 1 fully saturated rings. The second kappa shape index (κ2) is 4.78. The zero-order valence-corrected chi connectivity index (χ0v) is 11.5. The number of nitrogens with one attached hydrogen (secondary N) is 1. The normalized spacial score (nSPS) is 18.5. The molecule has 4 heteroatoms. The molecule has 0 aromatic heterocycles. The number of hydrogen-bond acceptors (Lipinski definition) is 2. The lowest BCUT2D eigenvalue weighted by Crippen LogP contribution is -2.38. The number of carbonyl (C=O) groups is 1. The molecule has 0 heterocycles. The Morgan fingerprint density at radius 3 is 2.71 bits per heavy atom. The summed E-state index contributed by atoms with van der Waals surface area (Å²) in [5.74, 6) is 0.0863. The molecular formula is C13H17BrN2O. The third-order valence-electron chi connectivity index (χ3n) is 3.45. The van der Waals surface area contributed by atoms with E-state index < -0.39 is 0 Å². The van der Waals surface area contributed by atoms with Crippen LogP contribution in [0.2, 0.25) is 0 Å². The number of carbonyl (C=O) groups excluding carboxylic acids is 1. The van der Waals surface area contributed by atoms with Gasteiger partial charge in [-0.3, -0.25) is 4.79 Å². The van der Waals surface area contributed by atoms with Crippen molar-refractivity contribution in [2.45, 2.75) is 25.8 Å². The average Bonchev–Trinajstić information content (AvgIpc) is 3.10. The van der Waals surface area contributed by atoms with Gasteiger partial charge in [-0.1, -0.05) is 34.1 Å². The van der Waals surface area contributed by atoms with Gasteiger partial charge in [0.2, 0.25) is 5.91 Å². The summed E-state index contributed by atoms with van der Waals surface area (Å²) in [4.78, 5) is 12.0. The highest BCUT2D eigenvalue weighted by Crippen LogP contribution is 2.45. The lowest BCUT2D eigenvalue weighted by molar-refractivity contribution is -0.126. The van der Waals surface area contributed by atoms with E-state index >= 15 is 0 Å². The minimum absolute atomic E-state index is 0.00194. The van der Waals surface area contributed by atoms with Crippen molar-refractivity contribution in [3.63, 3.8) is 0 Å². The van der Waals surface area contributed by atoms with Crippen molar-refractivity contribution in [1.29, 1.82) is 0 Å². The van der Waals surface area contributed by atoms with E-state index in [9.17, 15) is 4.79 Å². The molecule has 1 aliphatic carbocycles.